The van der Waals surface area contributed by atoms with Gasteiger partial charge in [0, 0.05) is 15.8 Å². The van der Waals surface area contributed by atoms with Crippen LogP contribution in [0.25, 0.3) is 10.3 Å². The van der Waals surface area contributed by atoms with Gasteiger partial charge in [0.2, 0.25) is 10.0 Å². The minimum Gasteiger partial charge on any atom is -0.339 e. The van der Waals surface area contributed by atoms with E-state index in [2.05, 4.69) is 41.5 Å². The number of anilines is 4. The summed E-state index contributed by atoms with van der Waals surface area (Å²) in [6.07, 6.45) is 1.43. The Balaban J connectivity index is 1.61. The fourth-order valence-corrected chi connectivity index (χ4v) is 4.29. The number of aromatic nitrogens is 3. The number of hydrogen-bond donors (Lipinski definition) is 3. The molecule has 2 heterocycles. The molecule has 0 radical (unpaired) electrons. The molecule has 0 saturated carbocycles. The van der Waals surface area contributed by atoms with Crippen LogP contribution in [0.2, 0.25) is 5.02 Å². The Hall–Kier alpha value is -2.31. The van der Waals surface area contributed by atoms with Crippen LogP contribution in [-0.2, 0) is 10.0 Å². The van der Waals surface area contributed by atoms with Crippen molar-refractivity contribution in [2.24, 2.45) is 5.14 Å². The maximum Gasteiger partial charge on any atom is 0.238 e. The summed E-state index contributed by atoms with van der Waals surface area (Å²) in [6, 6.07) is 11.6. The molecule has 12 heteroatoms. The average Bonchev–Trinajstić information content (AvgIpc) is 3.08. The maximum atomic E-state index is 11.4. The smallest absolute Gasteiger partial charge is 0.238 e. The Kier molecular flexibility index (Phi) is 5.40. The Bertz CT molecular complexity index is 1310. The molecule has 0 aliphatic heterocycles. The van der Waals surface area contributed by atoms with E-state index in [4.69, 9.17) is 16.7 Å². The number of hydrogen-bond acceptors (Lipinski definition) is 8. The van der Waals surface area contributed by atoms with Crippen molar-refractivity contribution < 1.29 is 8.42 Å². The molecule has 0 fully saturated rings. The zero-order valence-corrected chi connectivity index (χ0v) is 18.4. The molecule has 2 aromatic carbocycles. The number of nitrogens with one attached hydrogen (secondary N) is 2. The predicted octanol–water partition coefficient (Wildman–Crippen LogP) is 4.64. The number of rotatable bonds is 5. The highest BCUT2D eigenvalue weighted by Crippen LogP contribution is 2.34. The Morgan fingerprint density at radius 3 is 2.45 bits per heavy atom. The van der Waals surface area contributed by atoms with E-state index in [0.29, 0.717) is 27.3 Å². The Morgan fingerprint density at radius 2 is 1.76 bits per heavy atom. The fourth-order valence-electron chi connectivity index (χ4n) is 2.46. The van der Waals surface area contributed by atoms with Crippen molar-refractivity contribution in [3.05, 3.63) is 58.3 Å². The molecule has 4 N–H and O–H groups in total. The van der Waals surface area contributed by atoms with E-state index in [0.717, 1.165) is 14.9 Å². The van der Waals surface area contributed by atoms with Gasteiger partial charge in [-0.15, -0.1) is 0 Å². The second kappa shape index (κ2) is 7.84. The maximum absolute atomic E-state index is 11.4. The molecule has 2 aromatic heterocycles. The number of sulfonamides is 1. The SMILES string of the molecule is NS(=O)(=O)c1ccc(Nc2nc3ncnc(Nc4ccc(Br)c(Cl)c4)c3s2)cc1. The van der Waals surface area contributed by atoms with Gasteiger partial charge >= 0.3 is 0 Å². The number of nitrogens with two attached hydrogens (primary N) is 1. The first-order valence-corrected chi connectivity index (χ1v) is 11.6. The van der Waals surface area contributed by atoms with Crippen molar-refractivity contribution in [2.45, 2.75) is 4.90 Å². The monoisotopic (exact) mass is 510 g/mol. The molecule has 0 aliphatic rings. The van der Waals surface area contributed by atoms with Gasteiger partial charge < -0.3 is 10.6 Å². The highest BCUT2D eigenvalue weighted by Gasteiger charge is 2.12. The first kappa shape index (κ1) is 20.0. The Labute approximate surface area is 183 Å². The number of primary sulfonamides is 1. The minimum absolute atomic E-state index is 0.0397. The van der Waals surface area contributed by atoms with Gasteiger partial charge in [-0.05, 0) is 58.4 Å². The van der Waals surface area contributed by atoms with Crippen LogP contribution < -0.4 is 15.8 Å². The Morgan fingerprint density at radius 1 is 1.03 bits per heavy atom. The van der Waals surface area contributed by atoms with Crippen molar-refractivity contribution in [2.75, 3.05) is 10.6 Å². The summed E-state index contributed by atoms with van der Waals surface area (Å²) in [5, 5.41) is 12.6. The van der Waals surface area contributed by atoms with Crippen molar-refractivity contribution in [1.29, 1.82) is 0 Å². The highest BCUT2D eigenvalue weighted by atomic mass is 79.9. The van der Waals surface area contributed by atoms with E-state index in [1.807, 2.05) is 12.1 Å². The van der Waals surface area contributed by atoms with E-state index in [-0.39, 0.29) is 4.90 Å². The molecule has 0 aliphatic carbocycles. The van der Waals surface area contributed by atoms with Gasteiger partial charge in [0.1, 0.15) is 11.0 Å². The number of nitrogens with zero attached hydrogens (tertiary/aromatic N) is 3. The molecule has 29 heavy (non-hydrogen) atoms. The molecule has 0 saturated heterocycles. The standard InChI is InChI=1S/C17H12BrClN6O2S2/c18-12-6-3-10(7-13(12)19)23-15-14-16(22-8-21-15)25-17(28-14)24-9-1-4-11(5-2-9)29(20,26)27/h1-8H,(H2,20,26,27)(H2,21,22,23,24,25). The largest absolute Gasteiger partial charge is 0.339 e. The molecule has 0 spiro atoms. The van der Waals surface area contributed by atoms with Gasteiger partial charge in [-0.3, -0.25) is 0 Å². The topological polar surface area (TPSA) is 123 Å². The number of benzene rings is 2. The van der Waals surface area contributed by atoms with Crippen LogP contribution in [0.5, 0.6) is 0 Å². The van der Waals surface area contributed by atoms with Crippen LogP contribution in [0.15, 0.2) is 58.2 Å². The lowest BCUT2D eigenvalue weighted by atomic mass is 10.3. The summed E-state index contributed by atoms with van der Waals surface area (Å²) in [5.74, 6) is 0.600. The highest BCUT2D eigenvalue weighted by molar-refractivity contribution is 9.10. The molecule has 0 unspecified atom stereocenters. The zero-order valence-electron chi connectivity index (χ0n) is 14.4. The minimum atomic E-state index is -3.73. The van der Waals surface area contributed by atoms with Crippen molar-refractivity contribution in [3.63, 3.8) is 0 Å². The van der Waals surface area contributed by atoms with E-state index in [9.17, 15) is 8.42 Å². The third-order valence-corrected chi connectivity index (χ3v) is 6.94. The first-order valence-electron chi connectivity index (χ1n) is 8.03. The third kappa shape index (κ3) is 4.49. The molecular weight excluding hydrogens is 500 g/mol. The molecule has 8 nitrogen and oxygen atoms in total. The summed E-state index contributed by atoms with van der Waals surface area (Å²) in [7, 11) is -3.73. The van der Waals surface area contributed by atoms with Gasteiger partial charge in [0.05, 0.1) is 9.92 Å². The normalized spacial score (nSPS) is 11.6. The number of fused-ring (bicyclic) bond motifs is 1. The lowest BCUT2D eigenvalue weighted by molar-refractivity contribution is 0.598. The second-order valence-electron chi connectivity index (χ2n) is 5.84. The molecule has 4 rings (SSSR count). The van der Waals surface area contributed by atoms with Gasteiger partial charge in [-0.25, -0.2) is 23.5 Å². The lowest BCUT2D eigenvalue weighted by Gasteiger charge is -2.06. The molecule has 0 amide bonds. The molecule has 0 atom stereocenters. The van der Waals surface area contributed by atoms with E-state index in [1.54, 1.807) is 18.2 Å². The first-order chi connectivity index (χ1) is 13.8. The summed E-state index contributed by atoms with van der Waals surface area (Å²) < 4.78 is 24.3. The van der Waals surface area contributed by atoms with Gasteiger partial charge in [0.25, 0.3) is 0 Å². The van der Waals surface area contributed by atoms with Crippen LogP contribution in [-0.4, -0.2) is 23.4 Å². The molecule has 148 valence electrons. The van der Waals surface area contributed by atoms with Crippen LogP contribution in [0.1, 0.15) is 0 Å². The van der Waals surface area contributed by atoms with E-state index in [1.165, 1.54) is 29.8 Å². The van der Waals surface area contributed by atoms with Crippen molar-refractivity contribution in [1.82, 2.24) is 15.0 Å². The second-order valence-corrected chi connectivity index (χ2v) is 9.66. The van der Waals surface area contributed by atoms with E-state index >= 15 is 0 Å². The fraction of sp³-hybridized carbons (Fsp3) is 0. The third-order valence-electron chi connectivity index (χ3n) is 3.81. The van der Waals surface area contributed by atoms with Crippen LogP contribution in [0, 0.1) is 0 Å². The summed E-state index contributed by atoms with van der Waals surface area (Å²) in [5.41, 5.74) is 1.97. The van der Waals surface area contributed by atoms with E-state index < -0.39 is 10.0 Å². The predicted molar refractivity (Wildman–Crippen MR) is 119 cm³/mol. The van der Waals surface area contributed by atoms with Crippen LogP contribution in [0.4, 0.5) is 22.3 Å². The molecule has 4 aromatic rings. The number of thiazole rings is 1. The van der Waals surface area contributed by atoms with Gasteiger partial charge in [-0.2, -0.15) is 4.98 Å². The average molecular weight is 512 g/mol. The zero-order chi connectivity index (χ0) is 20.6. The van der Waals surface area contributed by atoms with Crippen LogP contribution >= 0.6 is 38.9 Å². The van der Waals surface area contributed by atoms with Crippen molar-refractivity contribution in [3.8, 4) is 0 Å². The molecular formula is C17H12BrClN6O2S2. The number of halogens is 2. The summed E-state index contributed by atoms with van der Waals surface area (Å²) in [4.78, 5) is 13.0. The summed E-state index contributed by atoms with van der Waals surface area (Å²) in [6.45, 7) is 0. The molecule has 0 bridgehead atoms. The van der Waals surface area contributed by atoms with Crippen molar-refractivity contribution >= 4 is 81.6 Å². The summed E-state index contributed by atoms with van der Waals surface area (Å²) >= 11 is 10.9. The quantitative estimate of drug-likeness (QED) is 0.357. The lowest BCUT2D eigenvalue weighted by Crippen LogP contribution is -2.11. The van der Waals surface area contributed by atoms with Gasteiger partial charge in [0.15, 0.2) is 16.6 Å². The van der Waals surface area contributed by atoms with Gasteiger partial charge in [-0.1, -0.05) is 22.9 Å². The van der Waals surface area contributed by atoms with Crippen LogP contribution in [0.3, 0.4) is 0 Å².